The predicted molar refractivity (Wildman–Crippen MR) is 67.9 cm³/mol. The van der Waals surface area contributed by atoms with Gasteiger partial charge in [-0.05, 0) is 18.2 Å². The second-order valence-electron chi connectivity index (χ2n) is 3.44. The molecule has 19 heavy (non-hydrogen) atoms. The van der Waals surface area contributed by atoms with Crippen molar-refractivity contribution in [1.82, 2.24) is 0 Å². The van der Waals surface area contributed by atoms with Crippen LogP contribution >= 0.6 is 11.6 Å². The highest BCUT2D eigenvalue weighted by atomic mass is 35.5. The zero-order valence-corrected chi connectivity index (χ0v) is 11.6. The lowest BCUT2D eigenvalue weighted by Gasteiger charge is -2.09. The van der Waals surface area contributed by atoms with Gasteiger partial charge in [0, 0.05) is 0 Å². The molecule has 1 aromatic rings. The summed E-state index contributed by atoms with van der Waals surface area (Å²) in [5.74, 6) is -2.74. The number of halogens is 1. The molecule has 0 atom stereocenters. The molecular weight excluding hydrogens is 320 g/mol. The summed E-state index contributed by atoms with van der Waals surface area (Å²) < 4.78 is 46.9. The Morgan fingerprint density at radius 2 is 1.89 bits per heavy atom. The van der Waals surface area contributed by atoms with Gasteiger partial charge in [-0.1, -0.05) is 11.6 Å². The van der Waals surface area contributed by atoms with Crippen molar-refractivity contribution in [3.63, 3.8) is 0 Å². The van der Waals surface area contributed by atoms with Crippen LogP contribution in [0.4, 0.5) is 5.69 Å². The van der Waals surface area contributed by atoms with Gasteiger partial charge in [-0.2, -0.15) is 0 Å². The summed E-state index contributed by atoms with van der Waals surface area (Å²) in [6.45, 7) is 0. The van der Waals surface area contributed by atoms with E-state index >= 15 is 0 Å². The van der Waals surface area contributed by atoms with Crippen LogP contribution in [0.2, 0.25) is 5.02 Å². The summed E-state index contributed by atoms with van der Waals surface area (Å²) in [5, 5.41) is 13.2. The summed E-state index contributed by atoms with van der Waals surface area (Å²) in [5.41, 5.74) is -0.269. The topological polar surface area (TPSA) is 144 Å². The van der Waals surface area contributed by atoms with Crippen molar-refractivity contribution in [2.75, 3.05) is 10.5 Å². The molecule has 0 unspecified atom stereocenters. The van der Waals surface area contributed by atoms with Gasteiger partial charge in [0.25, 0.3) is 0 Å². The molecule has 0 bridgehead atoms. The van der Waals surface area contributed by atoms with Crippen molar-refractivity contribution >= 4 is 43.3 Å². The van der Waals surface area contributed by atoms with Crippen LogP contribution in [-0.2, 0) is 24.8 Å². The molecule has 0 aliphatic rings. The van der Waals surface area contributed by atoms with E-state index in [9.17, 15) is 21.6 Å². The van der Waals surface area contributed by atoms with Crippen molar-refractivity contribution in [3.05, 3.63) is 23.2 Å². The van der Waals surface area contributed by atoms with Crippen LogP contribution in [0.3, 0.4) is 0 Å². The number of hydrogen-bond donors (Lipinski definition) is 3. The number of sulfonamides is 2. The van der Waals surface area contributed by atoms with Crippen LogP contribution in [0.25, 0.3) is 0 Å². The summed E-state index contributed by atoms with van der Waals surface area (Å²) in [6, 6.07) is 3.11. The first-order chi connectivity index (χ1) is 8.51. The van der Waals surface area contributed by atoms with Crippen molar-refractivity contribution < 1.29 is 26.7 Å². The largest absolute Gasteiger partial charge is 0.480 e. The van der Waals surface area contributed by atoms with Gasteiger partial charge >= 0.3 is 5.97 Å². The average Bonchev–Trinajstić information content (AvgIpc) is 2.17. The molecule has 0 radical (unpaired) electrons. The number of benzene rings is 1. The molecule has 0 aromatic heterocycles. The molecule has 0 saturated heterocycles. The molecule has 11 heteroatoms. The van der Waals surface area contributed by atoms with E-state index in [1.54, 1.807) is 0 Å². The number of carbonyl (C=O) groups is 1. The fourth-order valence-corrected chi connectivity index (χ4v) is 2.79. The van der Waals surface area contributed by atoms with E-state index in [0.29, 0.717) is 0 Å². The molecule has 0 fully saturated rings. The first-order valence-corrected chi connectivity index (χ1v) is 8.13. The van der Waals surface area contributed by atoms with Crippen LogP contribution in [0.1, 0.15) is 0 Å². The third kappa shape index (κ3) is 4.67. The van der Waals surface area contributed by atoms with E-state index in [2.05, 4.69) is 0 Å². The van der Waals surface area contributed by atoms with Gasteiger partial charge in [0.15, 0.2) is 5.75 Å². The number of nitrogens with one attached hydrogen (secondary N) is 1. The molecule has 0 aliphatic carbocycles. The maximum Gasteiger partial charge on any atom is 0.320 e. The van der Waals surface area contributed by atoms with Crippen molar-refractivity contribution in [2.45, 2.75) is 4.90 Å². The molecule has 8 nitrogen and oxygen atoms in total. The van der Waals surface area contributed by atoms with Gasteiger partial charge in [-0.25, -0.2) is 22.0 Å². The van der Waals surface area contributed by atoms with Crippen LogP contribution in [-0.4, -0.2) is 33.7 Å². The van der Waals surface area contributed by atoms with Crippen molar-refractivity contribution in [3.8, 4) is 0 Å². The van der Waals surface area contributed by atoms with E-state index < -0.39 is 31.8 Å². The lowest BCUT2D eigenvalue weighted by Crippen LogP contribution is -2.23. The molecule has 1 aromatic carbocycles. The number of rotatable bonds is 5. The molecule has 1 rings (SSSR count). The quantitative estimate of drug-likeness (QED) is 0.683. The van der Waals surface area contributed by atoms with E-state index in [1.165, 1.54) is 0 Å². The first-order valence-electron chi connectivity index (χ1n) is 4.56. The Balaban J connectivity index is 3.18. The highest BCUT2D eigenvalue weighted by Gasteiger charge is 2.18. The Hall–Kier alpha value is -1.36. The Labute approximate surface area is 114 Å². The summed E-state index contributed by atoms with van der Waals surface area (Å²) in [7, 11) is -8.22. The lowest BCUT2D eigenvalue weighted by atomic mass is 10.3. The molecule has 106 valence electrons. The molecule has 0 amide bonds. The minimum absolute atomic E-state index is 0.0960. The predicted octanol–water partition coefficient (Wildman–Crippen LogP) is -0.186. The number of nitrogens with two attached hydrogens (primary N) is 1. The van der Waals surface area contributed by atoms with Crippen LogP contribution in [0, 0.1) is 0 Å². The maximum absolute atomic E-state index is 11.4. The van der Waals surface area contributed by atoms with Crippen molar-refractivity contribution in [1.29, 1.82) is 0 Å². The number of aliphatic carboxylic acids is 1. The van der Waals surface area contributed by atoms with Gasteiger partial charge in [-0.15, -0.1) is 0 Å². The third-order valence-corrected chi connectivity index (χ3v) is 4.24. The SMILES string of the molecule is NS(=O)(=O)c1ccc(Cl)c(NS(=O)(=O)CC(=O)O)c1. The molecule has 4 N–H and O–H groups in total. The monoisotopic (exact) mass is 328 g/mol. The number of carboxylic acids is 1. The van der Waals surface area contributed by atoms with Gasteiger partial charge in [-0.3, -0.25) is 9.52 Å². The molecular formula is C8H9ClN2O6S2. The van der Waals surface area contributed by atoms with Crippen LogP contribution < -0.4 is 9.86 Å². The molecule has 0 saturated carbocycles. The minimum Gasteiger partial charge on any atom is -0.480 e. The van der Waals surface area contributed by atoms with Crippen molar-refractivity contribution in [2.24, 2.45) is 5.14 Å². The minimum atomic E-state index is -4.19. The summed E-state index contributed by atoms with van der Waals surface area (Å²) >= 11 is 5.68. The Bertz CT molecular complexity index is 713. The molecule has 0 spiro atoms. The third-order valence-electron chi connectivity index (χ3n) is 1.85. The molecule has 0 aliphatic heterocycles. The van der Waals surface area contributed by atoms with Crippen LogP contribution in [0.15, 0.2) is 23.1 Å². The smallest absolute Gasteiger partial charge is 0.320 e. The number of primary sulfonamides is 1. The van der Waals surface area contributed by atoms with Crippen LogP contribution in [0.5, 0.6) is 0 Å². The Kier molecular flexibility index (Phi) is 4.40. The zero-order valence-electron chi connectivity index (χ0n) is 9.20. The van der Waals surface area contributed by atoms with E-state index in [1.807, 2.05) is 4.72 Å². The Morgan fingerprint density at radius 1 is 1.32 bits per heavy atom. The number of carboxylic acid groups (broad SMARTS) is 1. The summed E-state index contributed by atoms with van der Waals surface area (Å²) in [6.07, 6.45) is 0. The second-order valence-corrected chi connectivity index (χ2v) is 7.13. The zero-order chi connectivity index (χ0) is 14.8. The fraction of sp³-hybridized carbons (Fsp3) is 0.125. The highest BCUT2D eigenvalue weighted by Crippen LogP contribution is 2.25. The normalized spacial score (nSPS) is 12.1. The average molecular weight is 329 g/mol. The fourth-order valence-electron chi connectivity index (χ4n) is 1.13. The van der Waals surface area contributed by atoms with Gasteiger partial charge < -0.3 is 5.11 Å². The number of anilines is 1. The molecule has 0 heterocycles. The maximum atomic E-state index is 11.4. The first kappa shape index (κ1) is 15.7. The highest BCUT2D eigenvalue weighted by molar-refractivity contribution is 7.93. The second kappa shape index (κ2) is 5.33. The Morgan fingerprint density at radius 3 is 2.37 bits per heavy atom. The number of hydrogen-bond acceptors (Lipinski definition) is 5. The lowest BCUT2D eigenvalue weighted by molar-refractivity contribution is -0.134. The van der Waals surface area contributed by atoms with E-state index in [4.69, 9.17) is 21.8 Å². The van der Waals surface area contributed by atoms with E-state index in [-0.39, 0.29) is 15.6 Å². The standard InChI is InChI=1S/C8H9ClN2O6S2/c9-6-2-1-5(19(10,16)17)3-7(6)11-18(14,15)4-8(12)13/h1-3,11H,4H2,(H,12,13)(H2,10,16,17). The van der Waals surface area contributed by atoms with Gasteiger partial charge in [0.05, 0.1) is 15.6 Å². The van der Waals surface area contributed by atoms with Gasteiger partial charge in [0.2, 0.25) is 20.0 Å². The van der Waals surface area contributed by atoms with Gasteiger partial charge in [0.1, 0.15) is 0 Å². The summed E-state index contributed by atoms with van der Waals surface area (Å²) in [4.78, 5) is 9.99. The van der Waals surface area contributed by atoms with E-state index in [0.717, 1.165) is 18.2 Å².